The predicted molar refractivity (Wildman–Crippen MR) is 493 cm³/mol. The molecule has 11 aromatic rings. The van der Waals surface area contributed by atoms with E-state index in [-0.39, 0.29) is 0 Å². The van der Waals surface area contributed by atoms with Gasteiger partial charge < -0.3 is 0 Å². The number of para-hydroxylation sites is 5. The van der Waals surface area contributed by atoms with Crippen LogP contribution in [0.15, 0.2) is 152 Å². The van der Waals surface area contributed by atoms with E-state index in [1.165, 1.54) is 355 Å². The highest BCUT2D eigenvalue weighted by molar-refractivity contribution is 5.61. The summed E-state index contributed by atoms with van der Waals surface area (Å²) < 4.78 is 25.9. The first-order valence-electron chi connectivity index (χ1n) is 47.7. The molecule has 0 saturated heterocycles. The van der Waals surface area contributed by atoms with Gasteiger partial charge in [-0.25, -0.2) is 22.8 Å². The van der Waals surface area contributed by atoms with Gasteiger partial charge in [0.2, 0.25) is 0 Å². The lowest BCUT2D eigenvalue weighted by Gasteiger charge is -2.25. The third kappa shape index (κ3) is 18.5. The van der Waals surface area contributed by atoms with E-state index in [9.17, 15) is 0 Å². The average Bonchev–Trinajstić information content (AvgIpc) is 1.60. The van der Waals surface area contributed by atoms with E-state index in [2.05, 4.69) is 315 Å². The van der Waals surface area contributed by atoms with Crippen molar-refractivity contribution >= 4 is 0 Å². The Balaban J connectivity index is 0.000000122. The quantitative estimate of drug-likeness (QED) is 0.103. The molecule has 0 N–H and O–H groups in total. The van der Waals surface area contributed by atoms with Gasteiger partial charge in [-0.2, -0.15) is 22.8 Å². The molecule has 0 bridgehead atoms. The molecule has 5 heterocycles. The Morgan fingerprint density at radius 3 is 0.697 bits per heavy atom. The minimum absolute atomic E-state index is 0.614. The van der Waals surface area contributed by atoms with E-state index in [0.29, 0.717) is 30.2 Å². The highest BCUT2D eigenvalue weighted by atomic mass is 15.2. The van der Waals surface area contributed by atoms with Crippen molar-refractivity contribution in [2.45, 2.75) is 378 Å². The van der Waals surface area contributed by atoms with Gasteiger partial charge in [0.25, 0.3) is 29.1 Å². The van der Waals surface area contributed by atoms with Crippen LogP contribution >= 0.6 is 0 Å². The van der Waals surface area contributed by atoms with Crippen LogP contribution in [0.5, 0.6) is 0 Å². The number of imidazole rings is 5. The summed E-state index contributed by atoms with van der Waals surface area (Å²) in [6, 6.07) is 58.2. The molecule has 10 nitrogen and oxygen atoms in total. The standard InChI is InChI=1S/C24H35N2.C24H29N2.C23H33N2.2C19H27N2/c2*1-18-12-10-11-17-23(18)25-19(2)24(21-13-6-4-7-14-21)26(20(25)3)22-15-8-5-9-16-22;1-17-11-7-10-16-22(17)24-18(2)23(20-12-8-9-13-20)25(19(24)3)21-14-5-4-6-15-21;2*1-14-10-8-9-13-19(14)21-16(3)15(2)20(17(21)4)18-11-6-5-7-12-18/h10-12,17,21-22H,4-9,13-16H2,1-3H3;4,6-7,10-14,17,22H,5,8-9,15-16H2,1-3H3;7,10-11,16,20-21H,4-6,8-9,12-15H2,1-3H3;2*8-10,13,18H,5-7,11-12H2,1-4H3/q5*+1. The van der Waals surface area contributed by atoms with Gasteiger partial charge in [0.1, 0.15) is 104 Å². The van der Waals surface area contributed by atoms with Crippen LogP contribution < -0.4 is 22.8 Å². The third-order valence-electron chi connectivity index (χ3n) is 29.9. The normalized spacial score (nSPS) is 17.6. The van der Waals surface area contributed by atoms with E-state index in [1.807, 2.05) is 0 Å². The third-order valence-corrected chi connectivity index (χ3v) is 29.9. The molecule has 7 fully saturated rings. The number of hydrogen-bond donors (Lipinski definition) is 0. The molecule has 5 aromatic heterocycles. The van der Waals surface area contributed by atoms with Crippen LogP contribution in [-0.4, -0.2) is 22.8 Å². The minimum atomic E-state index is 0.614. The number of hydrogen-bond acceptors (Lipinski definition) is 0. The van der Waals surface area contributed by atoms with Crippen LogP contribution in [0.4, 0.5) is 0 Å². The Kier molecular flexibility index (Phi) is 29.1. The van der Waals surface area contributed by atoms with E-state index >= 15 is 0 Å². The van der Waals surface area contributed by atoms with Gasteiger partial charge in [-0.05, 0) is 247 Å². The summed E-state index contributed by atoms with van der Waals surface area (Å²) >= 11 is 0. The SMILES string of the molecule is Cc1ccccc1-n1c(C)c(-c2ccccc2)[n+](C2CCCCC2)c1C.Cc1ccccc1-n1c(C)c(C)[n+](C2CCCCC2)c1C.Cc1ccccc1-n1c(C)c(C)[n+](C2CCCCC2)c1C.Cc1ccccc1-n1c(C)c(C2CCCC2)[n+](C2CCCCC2)c1C.Cc1ccccc1-n1c(C)c(C2CCCCC2)[n+](C2CCCCC2)c1C. The zero-order valence-electron chi connectivity index (χ0n) is 77.0. The fraction of sp³-hybridized carbons (Fsp3) is 0.532. The number of benzene rings is 6. The summed E-state index contributed by atoms with van der Waals surface area (Å²) in [6.07, 6.45) is 46.8. The first-order valence-corrected chi connectivity index (χ1v) is 47.7. The molecular weight excluding hydrogens is 1450 g/mol. The van der Waals surface area contributed by atoms with E-state index in [1.54, 1.807) is 11.4 Å². The number of rotatable bonds is 13. The molecule has 0 atom stereocenters. The Hall–Kier alpha value is -8.63. The second kappa shape index (κ2) is 39.9. The summed E-state index contributed by atoms with van der Waals surface area (Å²) in [5.74, 6) is 8.53. The van der Waals surface area contributed by atoms with Gasteiger partial charge in [0, 0.05) is 100 Å². The molecule has 0 radical (unpaired) electrons. The maximum Gasteiger partial charge on any atom is 0.259 e. The van der Waals surface area contributed by atoms with E-state index in [4.69, 9.17) is 0 Å². The smallest absolute Gasteiger partial charge is 0.229 e. The molecule has 0 unspecified atom stereocenters. The molecule has 7 aliphatic carbocycles. The molecular formula is C109H151N10+5. The van der Waals surface area contributed by atoms with Crippen molar-refractivity contribution < 1.29 is 22.8 Å². The van der Waals surface area contributed by atoms with Gasteiger partial charge >= 0.3 is 0 Å². The van der Waals surface area contributed by atoms with E-state index in [0.717, 1.165) is 11.8 Å². The zero-order valence-corrected chi connectivity index (χ0v) is 77.0. The topological polar surface area (TPSA) is 44.0 Å². The molecule has 7 aliphatic rings. The predicted octanol–water partition coefficient (Wildman–Crippen LogP) is 27.0. The summed E-state index contributed by atoms with van der Waals surface area (Å²) in [5.41, 5.74) is 29.4. The van der Waals surface area contributed by atoms with E-state index < -0.39 is 0 Å². The molecule has 0 amide bonds. The number of aryl methyl sites for hydroxylation is 5. The maximum atomic E-state index is 2.79. The Bertz CT molecular complexity index is 5030. The largest absolute Gasteiger partial charge is 0.259 e. The summed E-state index contributed by atoms with van der Waals surface area (Å²) in [5, 5.41) is 0. The van der Waals surface area contributed by atoms with Crippen molar-refractivity contribution in [3.63, 3.8) is 0 Å². The first-order chi connectivity index (χ1) is 57.8. The highest BCUT2D eigenvalue weighted by Gasteiger charge is 2.41. The highest BCUT2D eigenvalue weighted by Crippen LogP contribution is 2.42. The fourth-order valence-corrected chi connectivity index (χ4v) is 23.8. The molecule has 6 aromatic carbocycles. The molecule has 10 heteroatoms. The van der Waals surface area contributed by atoms with Crippen molar-refractivity contribution in [2.24, 2.45) is 0 Å². The van der Waals surface area contributed by atoms with Gasteiger partial charge in [-0.15, -0.1) is 0 Å². The average molecular weight is 1600 g/mol. The lowest BCUT2D eigenvalue weighted by Crippen LogP contribution is -2.46. The van der Waals surface area contributed by atoms with Gasteiger partial charge in [0.15, 0.2) is 11.4 Å². The van der Waals surface area contributed by atoms with Crippen molar-refractivity contribution in [3.8, 4) is 39.7 Å². The molecule has 119 heavy (non-hydrogen) atoms. The zero-order chi connectivity index (χ0) is 83.5. The number of nitrogens with zero attached hydrogens (tertiary/aromatic N) is 10. The van der Waals surface area contributed by atoms with Crippen LogP contribution in [0.3, 0.4) is 0 Å². The van der Waals surface area contributed by atoms with Crippen LogP contribution in [-0.2, 0) is 0 Å². The molecule has 0 aliphatic heterocycles. The maximum absolute atomic E-state index is 2.79. The van der Waals surface area contributed by atoms with Gasteiger partial charge in [-0.1, -0.05) is 186 Å². The molecule has 18 rings (SSSR count). The monoisotopic (exact) mass is 1600 g/mol. The van der Waals surface area contributed by atoms with Gasteiger partial charge in [-0.3, -0.25) is 0 Å². The van der Waals surface area contributed by atoms with Crippen LogP contribution in [0, 0.1) is 118 Å². The number of aromatic nitrogens is 10. The van der Waals surface area contributed by atoms with Crippen LogP contribution in [0.25, 0.3) is 39.7 Å². The Morgan fingerprint density at radius 2 is 0.412 bits per heavy atom. The molecule has 632 valence electrons. The second-order valence-corrected chi connectivity index (χ2v) is 37.6. The minimum Gasteiger partial charge on any atom is -0.229 e. The summed E-state index contributed by atoms with van der Waals surface area (Å²) in [7, 11) is 0. The van der Waals surface area contributed by atoms with Crippen LogP contribution in [0.2, 0.25) is 0 Å². The van der Waals surface area contributed by atoms with Gasteiger partial charge in [0.05, 0.1) is 0 Å². The van der Waals surface area contributed by atoms with Crippen LogP contribution in [0.1, 0.15) is 369 Å². The Labute approximate surface area is 718 Å². The lowest BCUT2D eigenvalue weighted by atomic mass is 9.85. The summed E-state index contributed by atoms with van der Waals surface area (Å²) in [6.45, 7) is 38.8. The summed E-state index contributed by atoms with van der Waals surface area (Å²) in [4.78, 5) is 0. The van der Waals surface area contributed by atoms with Crippen molar-refractivity contribution in [1.29, 1.82) is 0 Å². The van der Waals surface area contributed by atoms with Crippen molar-refractivity contribution in [3.05, 3.63) is 260 Å². The first kappa shape index (κ1) is 86.7. The lowest BCUT2D eigenvalue weighted by molar-refractivity contribution is -0.738. The molecule has 0 spiro atoms. The molecule has 7 saturated carbocycles. The van der Waals surface area contributed by atoms with Crippen molar-refractivity contribution in [1.82, 2.24) is 22.8 Å². The van der Waals surface area contributed by atoms with Crippen molar-refractivity contribution in [2.75, 3.05) is 0 Å². The second-order valence-electron chi connectivity index (χ2n) is 37.6. The fourth-order valence-electron chi connectivity index (χ4n) is 23.8. The Morgan fingerprint density at radius 1 is 0.202 bits per heavy atom.